The molecule has 132 valence electrons. The number of piperidine rings is 1. The average molecular weight is 335 g/mol. The van der Waals surface area contributed by atoms with Crippen LogP contribution in [0.5, 0.6) is 5.75 Å². The van der Waals surface area contributed by atoms with Crippen LogP contribution in [0.25, 0.3) is 0 Å². The van der Waals surface area contributed by atoms with E-state index < -0.39 is 0 Å². The van der Waals surface area contributed by atoms with Gasteiger partial charge in [-0.15, -0.1) is 0 Å². The second-order valence-corrected chi connectivity index (χ2v) is 7.83. The number of hydrogen-bond donors (Lipinski definition) is 0. The normalized spacial score (nSPS) is 23.5. The van der Waals surface area contributed by atoms with Crippen LogP contribution in [0, 0.1) is 18.8 Å². The SMILES string of the molecule is COc1cc(N2CCC(CC3CC3c3ccccc3)CC2)ccc1C. The molecule has 0 aromatic heterocycles. The van der Waals surface area contributed by atoms with Crippen molar-refractivity contribution in [2.45, 2.75) is 38.5 Å². The van der Waals surface area contributed by atoms with E-state index in [4.69, 9.17) is 4.74 Å². The van der Waals surface area contributed by atoms with Crippen molar-refractivity contribution in [2.75, 3.05) is 25.1 Å². The Morgan fingerprint density at radius 2 is 1.80 bits per heavy atom. The van der Waals surface area contributed by atoms with Gasteiger partial charge >= 0.3 is 0 Å². The molecule has 1 aliphatic carbocycles. The molecule has 1 saturated heterocycles. The number of anilines is 1. The molecule has 0 spiro atoms. The van der Waals surface area contributed by atoms with E-state index in [0.717, 1.165) is 23.5 Å². The Kier molecular flexibility index (Phi) is 4.70. The molecular weight excluding hydrogens is 306 g/mol. The first-order valence-corrected chi connectivity index (χ1v) is 9.69. The molecule has 2 fully saturated rings. The van der Waals surface area contributed by atoms with Crippen LogP contribution in [-0.2, 0) is 0 Å². The predicted molar refractivity (Wildman–Crippen MR) is 105 cm³/mol. The van der Waals surface area contributed by atoms with Crippen molar-refractivity contribution in [2.24, 2.45) is 11.8 Å². The van der Waals surface area contributed by atoms with E-state index >= 15 is 0 Å². The summed E-state index contributed by atoms with van der Waals surface area (Å²) >= 11 is 0. The van der Waals surface area contributed by atoms with Crippen molar-refractivity contribution in [3.05, 3.63) is 59.7 Å². The Morgan fingerprint density at radius 3 is 2.52 bits per heavy atom. The fourth-order valence-corrected chi connectivity index (χ4v) is 4.48. The molecule has 1 saturated carbocycles. The lowest BCUT2D eigenvalue weighted by Crippen LogP contribution is -2.33. The quantitative estimate of drug-likeness (QED) is 0.724. The van der Waals surface area contributed by atoms with Gasteiger partial charge < -0.3 is 9.64 Å². The third-order valence-electron chi connectivity index (χ3n) is 6.16. The zero-order valence-electron chi connectivity index (χ0n) is 15.4. The Bertz CT molecular complexity index is 703. The van der Waals surface area contributed by atoms with Gasteiger partial charge in [0.25, 0.3) is 0 Å². The van der Waals surface area contributed by atoms with Crippen molar-refractivity contribution < 1.29 is 4.74 Å². The fraction of sp³-hybridized carbons (Fsp3) is 0.478. The molecule has 2 aromatic carbocycles. The highest BCUT2D eigenvalue weighted by molar-refractivity contribution is 5.53. The lowest BCUT2D eigenvalue weighted by atomic mass is 9.90. The summed E-state index contributed by atoms with van der Waals surface area (Å²) in [6, 6.07) is 17.7. The number of aryl methyl sites for hydroxylation is 1. The Balaban J connectivity index is 1.29. The number of hydrogen-bond acceptors (Lipinski definition) is 2. The molecule has 2 atom stereocenters. The Morgan fingerprint density at radius 1 is 1.04 bits per heavy atom. The minimum Gasteiger partial charge on any atom is -0.496 e. The van der Waals surface area contributed by atoms with E-state index in [2.05, 4.69) is 60.4 Å². The van der Waals surface area contributed by atoms with Gasteiger partial charge in [0.15, 0.2) is 0 Å². The van der Waals surface area contributed by atoms with Gasteiger partial charge in [-0.05, 0) is 67.6 Å². The van der Waals surface area contributed by atoms with Gasteiger partial charge in [0, 0.05) is 24.8 Å². The average Bonchev–Trinajstić information content (AvgIpc) is 3.43. The monoisotopic (exact) mass is 335 g/mol. The minimum atomic E-state index is 0.834. The van der Waals surface area contributed by atoms with Crippen LogP contribution in [0.1, 0.15) is 42.7 Å². The van der Waals surface area contributed by atoms with Gasteiger partial charge in [-0.1, -0.05) is 36.4 Å². The second-order valence-electron chi connectivity index (χ2n) is 7.83. The lowest BCUT2D eigenvalue weighted by molar-refractivity contribution is 0.361. The van der Waals surface area contributed by atoms with E-state index in [-0.39, 0.29) is 0 Å². The van der Waals surface area contributed by atoms with Gasteiger partial charge in [0.2, 0.25) is 0 Å². The van der Waals surface area contributed by atoms with E-state index in [9.17, 15) is 0 Å². The number of methoxy groups -OCH3 is 1. The predicted octanol–water partition coefficient (Wildman–Crippen LogP) is 5.41. The summed E-state index contributed by atoms with van der Waals surface area (Å²) in [7, 11) is 1.76. The summed E-state index contributed by atoms with van der Waals surface area (Å²) in [5, 5.41) is 0. The van der Waals surface area contributed by atoms with Crippen molar-refractivity contribution in [1.29, 1.82) is 0 Å². The zero-order chi connectivity index (χ0) is 17.2. The van der Waals surface area contributed by atoms with E-state index in [0.29, 0.717) is 0 Å². The summed E-state index contributed by atoms with van der Waals surface area (Å²) in [5.41, 5.74) is 4.08. The van der Waals surface area contributed by atoms with Crippen LogP contribution in [-0.4, -0.2) is 20.2 Å². The number of ether oxygens (including phenoxy) is 1. The molecule has 0 bridgehead atoms. The second kappa shape index (κ2) is 7.11. The van der Waals surface area contributed by atoms with Crippen molar-refractivity contribution in [3.63, 3.8) is 0 Å². The molecule has 2 unspecified atom stereocenters. The van der Waals surface area contributed by atoms with E-state index in [1.54, 1.807) is 12.7 Å². The maximum Gasteiger partial charge on any atom is 0.123 e. The van der Waals surface area contributed by atoms with Crippen LogP contribution < -0.4 is 9.64 Å². The third-order valence-corrected chi connectivity index (χ3v) is 6.16. The first kappa shape index (κ1) is 16.5. The first-order valence-electron chi connectivity index (χ1n) is 9.69. The van der Waals surface area contributed by atoms with Crippen LogP contribution in [0.3, 0.4) is 0 Å². The lowest BCUT2D eigenvalue weighted by Gasteiger charge is -2.34. The summed E-state index contributed by atoms with van der Waals surface area (Å²) in [4.78, 5) is 2.53. The van der Waals surface area contributed by atoms with Crippen LogP contribution in [0.4, 0.5) is 5.69 Å². The highest BCUT2D eigenvalue weighted by Gasteiger charge is 2.39. The van der Waals surface area contributed by atoms with Crippen molar-refractivity contribution >= 4 is 5.69 Å². The minimum absolute atomic E-state index is 0.834. The summed E-state index contributed by atoms with van der Waals surface area (Å²) in [5.74, 6) is 3.67. The molecule has 25 heavy (non-hydrogen) atoms. The molecule has 2 nitrogen and oxygen atoms in total. The van der Waals surface area contributed by atoms with Gasteiger partial charge in [0.05, 0.1) is 7.11 Å². The number of nitrogens with zero attached hydrogens (tertiary/aromatic N) is 1. The zero-order valence-corrected chi connectivity index (χ0v) is 15.4. The van der Waals surface area contributed by atoms with Gasteiger partial charge in [-0.25, -0.2) is 0 Å². The smallest absolute Gasteiger partial charge is 0.123 e. The van der Waals surface area contributed by atoms with Crippen molar-refractivity contribution in [1.82, 2.24) is 0 Å². The summed E-state index contributed by atoms with van der Waals surface area (Å²) < 4.78 is 5.49. The molecular formula is C23H29NO. The van der Waals surface area contributed by atoms with Crippen molar-refractivity contribution in [3.8, 4) is 5.75 Å². The molecule has 2 heteroatoms. The first-order chi connectivity index (χ1) is 12.2. The third kappa shape index (κ3) is 3.68. The Labute approximate surface area is 151 Å². The molecule has 1 heterocycles. The molecule has 0 amide bonds. The molecule has 0 N–H and O–H groups in total. The summed E-state index contributed by atoms with van der Waals surface area (Å²) in [6.07, 6.45) is 5.48. The fourth-order valence-electron chi connectivity index (χ4n) is 4.48. The maximum absolute atomic E-state index is 5.49. The van der Waals surface area contributed by atoms with Crippen LogP contribution in [0.15, 0.2) is 48.5 Å². The molecule has 2 aliphatic rings. The molecule has 1 aliphatic heterocycles. The molecule has 4 rings (SSSR count). The van der Waals surface area contributed by atoms with Gasteiger partial charge in [-0.3, -0.25) is 0 Å². The number of benzene rings is 2. The maximum atomic E-state index is 5.49. The largest absolute Gasteiger partial charge is 0.496 e. The standard InChI is InChI=1S/C23H29NO/c1-17-8-9-21(16-23(17)25-2)24-12-10-18(11-13-24)14-20-15-22(20)19-6-4-3-5-7-19/h3-9,16,18,20,22H,10-15H2,1-2H3. The Hall–Kier alpha value is -1.96. The topological polar surface area (TPSA) is 12.5 Å². The van der Waals surface area contributed by atoms with Crippen LogP contribution >= 0.6 is 0 Å². The van der Waals surface area contributed by atoms with Crippen LogP contribution in [0.2, 0.25) is 0 Å². The highest BCUT2D eigenvalue weighted by atomic mass is 16.5. The van der Waals surface area contributed by atoms with Gasteiger partial charge in [-0.2, -0.15) is 0 Å². The van der Waals surface area contributed by atoms with E-state index in [1.807, 2.05) is 0 Å². The molecule has 2 aromatic rings. The molecule has 0 radical (unpaired) electrons. The van der Waals surface area contributed by atoms with E-state index in [1.165, 1.54) is 50.0 Å². The van der Waals surface area contributed by atoms with Gasteiger partial charge in [0.1, 0.15) is 5.75 Å². The highest BCUT2D eigenvalue weighted by Crippen LogP contribution is 2.51. The summed E-state index contributed by atoms with van der Waals surface area (Å²) in [6.45, 7) is 4.47. The number of rotatable bonds is 5.